The maximum absolute atomic E-state index is 12.4. The van der Waals surface area contributed by atoms with E-state index >= 15 is 0 Å². The molecule has 3 aromatic rings. The minimum absolute atomic E-state index is 0.0697. The first-order valence-electron chi connectivity index (χ1n) is 8.64. The van der Waals surface area contributed by atoms with E-state index in [1.165, 1.54) is 0 Å². The van der Waals surface area contributed by atoms with Gasteiger partial charge in [0.05, 0.1) is 5.69 Å². The molecule has 0 aliphatic carbocycles. The minimum Gasteiger partial charge on any atom is -0.322 e. The van der Waals surface area contributed by atoms with Crippen molar-refractivity contribution in [2.75, 3.05) is 31.5 Å². The van der Waals surface area contributed by atoms with Crippen LogP contribution in [0.25, 0.3) is 5.65 Å². The topological polar surface area (TPSA) is 52.9 Å². The Kier molecular flexibility index (Phi) is 4.77. The fourth-order valence-electron chi connectivity index (χ4n) is 3.14. The number of piperazine rings is 1. The molecule has 3 heterocycles. The van der Waals surface area contributed by atoms with Crippen LogP contribution in [0.15, 0.2) is 54.9 Å². The number of fused-ring (bicyclic) bond motifs is 1. The molecule has 0 spiro atoms. The number of carbonyl (C=O) groups excluding carboxylic acids is 1. The highest BCUT2D eigenvalue weighted by atomic mass is 35.5. The Morgan fingerprint density at radius 2 is 1.85 bits per heavy atom. The van der Waals surface area contributed by atoms with Crippen molar-refractivity contribution < 1.29 is 4.79 Å². The van der Waals surface area contributed by atoms with Gasteiger partial charge in [0.15, 0.2) is 0 Å². The summed E-state index contributed by atoms with van der Waals surface area (Å²) in [5.74, 6) is 0. The zero-order valence-electron chi connectivity index (χ0n) is 14.3. The number of nitrogens with zero attached hydrogens (tertiary/aromatic N) is 4. The quantitative estimate of drug-likeness (QED) is 0.770. The largest absolute Gasteiger partial charge is 0.322 e. The van der Waals surface area contributed by atoms with Crippen LogP contribution in [-0.4, -0.2) is 51.4 Å². The predicted octanol–water partition coefficient (Wildman–Crippen LogP) is 3.34. The van der Waals surface area contributed by atoms with Crippen LogP contribution in [0.4, 0.5) is 10.5 Å². The summed E-state index contributed by atoms with van der Waals surface area (Å²) in [5.41, 5.74) is 2.77. The van der Waals surface area contributed by atoms with Gasteiger partial charge in [-0.3, -0.25) is 4.90 Å². The number of rotatable bonds is 3. The Hall–Kier alpha value is -2.57. The number of hydrogen-bond acceptors (Lipinski definition) is 3. The van der Waals surface area contributed by atoms with Crippen molar-refractivity contribution in [3.63, 3.8) is 0 Å². The van der Waals surface area contributed by atoms with Gasteiger partial charge in [0.25, 0.3) is 0 Å². The lowest BCUT2D eigenvalue weighted by Crippen LogP contribution is -2.49. The standard InChI is InChI=1S/C19H20ClN5O/c20-15-4-6-16(7-5-15)22-19(26)24-11-9-23(10-12-24)13-17-14-25-8-2-1-3-18(25)21-17/h1-8,14H,9-13H2,(H,22,26). The predicted molar refractivity (Wildman–Crippen MR) is 103 cm³/mol. The molecule has 1 N–H and O–H groups in total. The summed E-state index contributed by atoms with van der Waals surface area (Å²) in [6.45, 7) is 3.87. The van der Waals surface area contributed by atoms with Gasteiger partial charge >= 0.3 is 6.03 Å². The minimum atomic E-state index is -0.0697. The fraction of sp³-hybridized carbons (Fsp3) is 0.263. The Balaban J connectivity index is 1.30. The average molecular weight is 370 g/mol. The van der Waals surface area contributed by atoms with E-state index in [-0.39, 0.29) is 6.03 Å². The number of hydrogen-bond donors (Lipinski definition) is 1. The fourth-order valence-corrected chi connectivity index (χ4v) is 3.26. The summed E-state index contributed by atoms with van der Waals surface area (Å²) in [6.07, 6.45) is 4.07. The second kappa shape index (κ2) is 7.35. The van der Waals surface area contributed by atoms with Crippen molar-refractivity contribution in [3.8, 4) is 0 Å². The number of nitrogens with one attached hydrogen (secondary N) is 1. The number of pyridine rings is 1. The number of imidazole rings is 1. The molecule has 26 heavy (non-hydrogen) atoms. The molecule has 2 aromatic heterocycles. The lowest BCUT2D eigenvalue weighted by atomic mass is 10.3. The van der Waals surface area contributed by atoms with E-state index in [1.807, 2.05) is 33.7 Å². The molecule has 1 aliphatic heterocycles. The Labute approximate surface area is 157 Å². The van der Waals surface area contributed by atoms with Gasteiger partial charge in [-0.1, -0.05) is 17.7 Å². The highest BCUT2D eigenvalue weighted by molar-refractivity contribution is 6.30. The van der Waals surface area contributed by atoms with Crippen LogP contribution in [0.2, 0.25) is 5.02 Å². The van der Waals surface area contributed by atoms with E-state index in [0.717, 1.165) is 36.7 Å². The van der Waals surface area contributed by atoms with Gasteiger partial charge in [-0.25, -0.2) is 9.78 Å². The van der Waals surface area contributed by atoms with Crippen molar-refractivity contribution in [2.45, 2.75) is 6.54 Å². The van der Waals surface area contributed by atoms with E-state index in [4.69, 9.17) is 11.6 Å². The molecule has 1 aliphatic rings. The van der Waals surface area contributed by atoms with Crippen molar-refractivity contribution in [1.29, 1.82) is 0 Å². The van der Waals surface area contributed by atoms with Gasteiger partial charge in [0.1, 0.15) is 5.65 Å². The van der Waals surface area contributed by atoms with Crippen LogP contribution in [0.5, 0.6) is 0 Å². The number of anilines is 1. The first kappa shape index (κ1) is 16.9. The van der Waals surface area contributed by atoms with E-state index in [1.54, 1.807) is 24.3 Å². The molecular formula is C19H20ClN5O. The summed E-state index contributed by atoms with van der Waals surface area (Å²) >= 11 is 5.87. The highest BCUT2D eigenvalue weighted by Crippen LogP contribution is 2.15. The van der Waals surface area contributed by atoms with Gasteiger partial charge in [-0.15, -0.1) is 0 Å². The average Bonchev–Trinajstić information content (AvgIpc) is 3.06. The first-order valence-corrected chi connectivity index (χ1v) is 9.02. The summed E-state index contributed by atoms with van der Waals surface area (Å²) < 4.78 is 2.03. The highest BCUT2D eigenvalue weighted by Gasteiger charge is 2.21. The van der Waals surface area contributed by atoms with Crippen molar-refractivity contribution in [3.05, 3.63) is 65.6 Å². The molecular weight excluding hydrogens is 350 g/mol. The Morgan fingerprint density at radius 1 is 1.08 bits per heavy atom. The van der Waals surface area contributed by atoms with Gasteiger partial charge in [-0.05, 0) is 36.4 Å². The zero-order chi connectivity index (χ0) is 17.9. The molecule has 7 heteroatoms. The molecule has 2 amide bonds. The van der Waals surface area contributed by atoms with Crippen LogP contribution in [0.3, 0.4) is 0 Å². The molecule has 0 unspecified atom stereocenters. The van der Waals surface area contributed by atoms with E-state index < -0.39 is 0 Å². The maximum Gasteiger partial charge on any atom is 0.321 e. The van der Waals surface area contributed by atoms with Gasteiger partial charge < -0.3 is 14.6 Å². The van der Waals surface area contributed by atoms with Gasteiger partial charge in [0, 0.05) is 55.8 Å². The molecule has 6 nitrogen and oxygen atoms in total. The summed E-state index contributed by atoms with van der Waals surface area (Å²) in [6, 6.07) is 13.1. The number of carbonyl (C=O) groups is 1. The molecule has 134 valence electrons. The number of halogens is 1. The van der Waals surface area contributed by atoms with Crippen molar-refractivity contribution in [1.82, 2.24) is 19.2 Å². The summed E-state index contributed by atoms with van der Waals surface area (Å²) in [5, 5.41) is 3.57. The molecule has 1 aromatic carbocycles. The second-order valence-corrected chi connectivity index (χ2v) is 6.84. The number of amides is 2. The van der Waals surface area contributed by atoms with Crippen LogP contribution in [0, 0.1) is 0 Å². The number of benzene rings is 1. The summed E-state index contributed by atoms with van der Waals surface area (Å²) in [7, 11) is 0. The van der Waals surface area contributed by atoms with Gasteiger partial charge in [0.2, 0.25) is 0 Å². The number of urea groups is 1. The molecule has 0 bridgehead atoms. The monoisotopic (exact) mass is 369 g/mol. The smallest absolute Gasteiger partial charge is 0.321 e. The molecule has 1 fully saturated rings. The number of aromatic nitrogens is 2. The second-order valence-electron chi connectivity index (χ2n) is 6.40. The SMILES string of the molecule is O=C(Nc1ccc(Cl)cc1)N1CCN(Cc2cn3ccccc3n2)CC1. The van der Waals surface area contributed by atoms with Crippen molar-refractivity contribution in [2.24, 2.45) is 0 Å². The third-order valence-corrected chi connectivity index (χ3v) is 4.81. The van der Waals surface area contributed by atoms with E-state index in [0.29, 0.717) is 18.1 Å². The normalized spacial score (nSPS) is 15.3. The van der Waals surface area contributed by atoms with E-state index in [2.05, 4.69) is 21.4 Å². The lowest BCUT2D eigenvalue weighted by Gasteiger charge is -2.34. The molecule has 1 saturated heterocycles. The molecule has 0 atom stereocenters. The maximum atomic E-state index is 12.4. The molecule has 0 saturated carbocycles. The van der Waals surface area contributed by atoms with E-state index in [9.17, 15) is 4.79 Å². The third kappa shape index (κ3) is 3.81. The molecule has 4 rings (SSSR count). The first-order chi connectivity index (χ1) is 12.7. The molecule has 0 radical (unpaired) electrons. The van der Waals surface area contributed by atoms with Crippen LogP contribution in [0.1, 0.15) is 5.69 Å². The Morgan fingerprint density at radius 3 is 2.58 bits per heavy atom. The zero-order valence-corrected chi connectivity index (χ0v) is 15.1. The van der Waals surface area contributed by atoms with Crippen molar-refractivity contribution >= 4 is 29.0 Å². The third-order valence-electron chi connectivity index (χ3n) is 4.55. The lowest BCUT2D eigenvalue weighted by molar-refractivity contribution is 0.142. The van der Waals surface area contributed by atoms with Crippen LogP contribution < -0.4 is 5.32 Å². The Bertz CT molecular complexity index is 867. The van der Waals surface area contributed by atoms with Crippen LogP contribution in [-0.2, 0) is 6.54 Å². The van der Waals surface area contributed by atoms with Crippen LogP contribution >= 0.6 is 11.6 Å². The van der Waals surface area contributed by atoms with Gasteiger partial charge in [-0.2, -0.15) is 0 Å². The summed E-state index contributed by atoms with van der Waals surface area (Å²) in [4.78, 5) is 21.2.